The molecule has 0 aromatic heterocycles. The molecule has 0 aliphatic carbocycles. The molecule has 0 rings (SSSR count). The molecule has 3 heteroatoms. The second-order valence-electron chi connectivity index (χ2n) is 5.05. The van der Waals surface area contributed by atoms with E-state index in [9.17, 15) is 0 Å². The van der Waals surface area contributed by atoms with Crippen molar-refractivity contribution in [3.8, 4) is 0 Å². The Morgan fingerprint density at radius 3 is 2.06 bits per heavy atom. The summed E-state index contributed by atoms with van der Waals surface area (Å²) in [5.41, 5.74) is 0. The summed E-state index contributed by atoms with van der Waals surface area (Å²) in [4.78, 5) is 5.46. The van der Waals surface area contributed by atoms with Gasteiger partial charge in [0.1, 0.15) is 0 Å². The van der Waals surface area contributed by atoms with Crippen LogP contribution in [0.4, 0.5) is 0 Å². The fraction of sp³-hybridized carbons (Fsp3) is 0.846. The fourth-order valence-electron chi connectivity index (χ4n) is 1.07. The third-order valence-corrected chi connectivity index (χ3v) is 2.42. The first-order chi connectivity index (χ1) is 7.32. The number of hydrogen-bond acceptors (Lipinski definition) is 3. The minimum atomic E-state index is 0.139. The zero-order valence-corrected chi connectivity index (χ0v) is 11.8. The van der Waals surface area contributed by atoms with Crippen LogP contribution >= 0.6 is 0 Å². The van der Waals surface area contributed by atoms with Gasteiger partial charge in [-0.25, -0.2) is 0 Å². The lowest BCUT2D eigenvalue weighted by Crippen LogP contribution is -2.16. The first kappa shape index (κ1) is 15.3. The third-order valence-electron chi connectivity index (χ3n) is 2.42. The van der Waals surface area contributed by atoms with Crippen molar-refractivity contribution in [1.29, 1.82) is 0 Å². The monoisotopic (exact) mass is 229 g/mol. The van der Waals surface area contributed by atoms with Crippen molar-refractivity contribution in [3.05, 3.63) is 12.0 Å². The van der Waals surface area contributed by atoms with Gasteiger partial charge in [0.05, 0.1) is 6.10 Å². The minimum Gasteiger partial charge on any atom is -0.462 e. The highest BCUT2D eigenvalue weighted by atomic mass is 16.8. The summed E-state index contributed by atoms with van der Waals surface area (Å²) < 4.78 is 5.59. The lowest BCUT2D eigenvalue weighted by atomic mass is 9.95. The largest absolute Gasteiger partial charge is 0.462 e. The normalized spacial score (nSPS) is 14.8. The standard InChI is InChI=1S/C13H27NO2/c1-10(2)12(5)8-9-13(15-11(3)4)16-14(6)7/h9-12H,8H2,1-7H3/b13-9+. The van der Waals surface area contributed by atoms with Gasteiger partial charge in [0.15, 0.2) is 0 Å². The van der Waals surface area contributed by atoms with Crippen molar-refractivity contribution in [2.75, 3.05) is 14.1 Å². The van der Waals surface area contributed by atoms with E-state index in [1.165, 1.54) is 0 Å². The highest BCUT2D eigenvalue weighted by Gasteiger charge is 2.09. The van der Waals surface area contributed by atoms with Gasteiger partial charge in [0.2, 0.25) is 0 Å². The van der Waals surface area contributed by atoms with Crippen LogP contribution in [0.2, 0.25) is 0 Å². The number of allylic oxidation sites excluding steroid dienone is 1. The molecule has 0 spiro atoms. The molecule has 0 saturated heterocycles. The van der Waals surface area contributed by atoms with Gasteiger partial charge in [-0.1, -0.05) is 20.8 Å². The highest BCUT2D eigenvalue weighted by molar-refractivity contribution is 4.86. The predicted molar refractivity (Wildman–Crippen MR) is 67.7 cm³/mol. The molecule has 16 heavy (non-hydrogen) atoms. The molecular formula is C13H27NO2. The van der Waals surface area contributed by atoms with E-state index in [1.54, 1.807) is 5.06 Å². The summed E-state index contributed by atoms with van der Waals surface area (Å²) in [5, 5.41) is 1.65. The molecule has 0 heterocycles. The smallest absolute Gasteiger partial charge is 0.295 e. The van der Waals surface area contributed by atoms with Gasteiger partial charge in [-0.3, -0.25) is 0 Å². The zero-order valence-electron chi connectivity index (χ0n) is 11.8. The summed E-state index contributed by atoms with van der Waals surface area (Å²) in [5.74, 6) is 1.92. The van der Waals surface area contributed by atoms with Crippen LogP contribution in [0.15, 0.2) is 12.0 Å². The van der Waals surface area contributed by atoms with Crippen molar-refractivity contribution < 1.29 is 9.57 Å². The van der Waals surface area contributed by atoms with Crippen molar-refractivity contribution >= 4 is 0 Å². The fourth-order valence-corrected chi connectivity index (χ4v) is 1.07. The van der Waals surface area contributed by atoms with Crippen LogP contribution in [-0.4, -0.2) is 25.3 Å². The van der Waals surface area contributed by atoms with Crippen molar-refractivity contribution in [2.45, 2.75) is 47.1 Å². The first-order valence-electron chi connectivity index (χ1n) is 6.05. The lowest BCUT2D eigenvalue weighted by Gasteiger charge is -2.19. The number of nitrogens with zero attached hydrogens (tertiary/aromatic N) is 1. The molecule has 0 amide bonds. The quantitative estimate of drug-likeness (QED) is 0.493. The average Bonchev–Trinajstić information content (AvgIpc) is 2.11. The van der Waals surface area contributed by atoms with E-state index >= 15 is 0 Å². The average molecular weight is 229 g/mol. The van der Waals surface area contributed by atoms with Gasteiger partial charge in [-0.2, -0.15) is 0 Å². The summed E-state index contributed by atoms with van der Waals surface area (Å²) in [6.45, 7) is 10.7. The van der Waals surface area contributed by atoms with E-state index in [-0.39, 0.29) is 6.10 Å². The van der Waals surface area contributed by atoms with Crippen LogP contribution in [0.25, 0.3) is 0 Å². The van der Waals surface area contributed by atoms with Crippen molar-refractivity contribution in [2.24, 2.45) is 11.8 Å². The molecule has 0 N–H and O–H groups in total. The Labute approximate surface area is 100 Å². The topological polar surface area (TPSA) is 21.7 Å². The van der Waals surface area contributed by atoms with E-state index in [1.807, 2.05) is 34.0 Å². The van der Waals surface area contributed by atoms with Gasteiger partial charge >= 0.3 is 0 Å². The molecular weight excluding hydrogens is 202 g/mol. The molecule has 0 aromatic rings. The van der Waals surface area contributed by atoms with E-state index in [2.05, 4.69) is 20.8 Å². The molecule has 0 bridgehead atoms. The number of rotatable bonds is 7. The Bertz CT molecular complexity index is 198. The van der Waals surface area contributed by atoms with Gasteiger partial charge < -0.3 is 9.57 Å². The maximum Gasteiger partial charge on any atom is 0.295 e. The minimum absolute atomic E-state index is 0.139. The third kappa shape index (κ3) is 7.57. The van der Waals surface area contributed by atoms with Crippen molar-refractivity contribution in [1.82, 2.24) is 5.06 Å². The molecule has 0 aliphatic rings. The predicted octanol–water partition coefficient (Wildman–Crippen LogP) is 3.43. The Hall–Kier alpha value is -0.700. The summed E-state index contributed by atoms with van der Waals surface area (Å²) in [7, 11) is 3.70. The van der Waals surface area contributed by atoms with Crippen LogP contribution in [0, 0.1) is 11.8 Å². The Balaban J connectivity index is 4.31. The SMILES string of the molecule is CC(C)O/C(=C\CC(C)C(C)C)ON(C)C. The maximum atomic E-state index is 5.59. The zero-order chi connectivity index (χ0) is 12.7. The van der Waals surface area contributed by atoms with E-state index in [0.29, 0.717) is 17.8 Å². The summed E-state index contributed by atoms with van der Waals surface area (Å²) in [6.07, 6.45) is 3.15. The Kier molecular flexibility index (Phi) is 7.22. The van der Waals surface area contributed by atoms with Crippen LogP contribution in [0.1, 0.15) is 41.0 Å². The Morgan fingerprint density at radius 2 is 1.69 bits per heavy atom. The van der Waals surface area contributed by atoms with Crippen LogP contribution in [0.3, 0.4) is 0 Å². The van der Waals surface area contributed by atoms with Gasteiger partial charge in [0, 0.05) is 14.1 Å². The molecule has 0 aliphatic heterocycles. The van der Waals surface area contributed by atoms with E-state index < -0.39 is 0 Å². The molecule has 3 nitrogen and oxygen atoms in total. The van der Waals surface area contributed by atoms with Crippen molar-refractivity contribution in [3.63, 3.8) is 0 Å². The second-order valence-corrected chi connectivity index (χ2v) is 5.05. The maximum absolute atomic E-state index is 5.59. The molecule has 0 radical (unpaired) electrons. The highest BCUT2D eigenvalue weighted by Crippen LogP contribution is 2.17. The molecule has 0 saturated carbocycles. The van der Waals surface area contributed by atoms with E-state index in [4.69, 9.17) is 9.57 Å². The molecule has 1 atom stereocenters. The van der Waals surface area contributed by atoms with Crippen LogP contribution < -0.4 is 0 Å². The molecule has 96 valence electrons. The van der Waals surface area contributed by atoms with Gasteiger partial charge in [0.25, 0.3) is 5.95 Å². The number of hydrogen-bond donors (Lipinski definition) is 0. The second kappa shape index (κ2) is 7.55. The Morgan fingerprint density at radius 1 is 1.12 bits per heavy atom. The number of ether oxygens (including phenoxy) is 1. The van der Waals surface area contributed by atoms with Crippen LogP contribution in [0.5, 0.6) is 0 Å². The first-order valence-corrected chi connectivity index (χ1v) is 6.05. The summed E-state index contributed by atoms with van der Waals surface area (Å²) in [6, 6.07) is 0. The number of hydroxylamine groups is 2. The van der Waals surface area contributed by atoms with Gasteiger partial charge in [-0.15, -0.1) is 5.06 Å². The van der Waals surface area contributed by atoms with E-state index in [0.717, 1.165) is 6.42 Å². The summed E-state index contributed by atoms with van der Waals surface area (Å²) >= 11 is 0. The van der Waals surface area contributed by atoms with Gasteiger partial charge in [-0.05, 0) is 38.2 Å². The molecule has 0 aromatic carbocycles. The molecule has 1 unspecified atom stereocenters. The lowest BCUT2D eigenvalue weighted by molar-refractivity contribution is -0.144. The molecule has 0 fully saturated rings. The van der Waals surface area contributed by atoms with Crippen LogP contribution in [-0.2, 0) is 9.57 Å².